The van der Waals surface area contributed by atoms with Crippen molar-refractivity contribution in [1.29, 1.82) is 0 Å². The highest BCUT2D eigenvalue weighted by molar-refractivity contribution is 7.92. The van der Waals surface area contributed by atoms with Crippen molar-refractivity contribution in [2.24, 2.45) is 0 Å². The Labute approximate surface area is 246 Å². The quantitative estimate of drug-likeness (QED) is 0.228. The maximum atomic E-state index is 14.0. The Morgan fingerprint density at radius 3 is 2.29 bits per heavy atom. The molecule has 0 aliphatic carbocycles. The number of nitro groups is 1. The first kappa shape index (κ1) is 32.1. The van der Waals surface area contributed by atoms with E-state index in [2.05, 4.69) is 5.32 Å². The van der Waals surface area contributed by atoms with Gasteiger partial charge in [0.2, 0.25) is 11.8 Å². The van der Waals surface area contributed by atoms with E-state index in [1.807, 2.05) is 38.1 Å². The van der Waals surface area contributed by atoms with Gasteiger partial charge in [0.25, 0.3) is 15.7 Å². The van der Waals surface area contributed by atoms with Crippen molar-refractivity contribution in [2.45, 2.75) is 51.6 Å². The second-order valence-electron chi connectivity index (χ2n) is 9.83. The van der Waals surface area contributed by atoms with Gasteiger partial charge in [-0.2, -0.15) is 0 Å². The van der Waals surface area contributed by atoms with E-state index in [1.165, 1.54) is 43.2 Å². The number of nitro benzene ring substituents is 1. The molecule has 1 N–H and O–H groups in total. The molecular formula is C30H36N4O7S. The lowest BCUT2D eigenvalue weighted by Crippen LogP contribution is -2.51. The normalized spacial score (nSPS) is 11.8. The number of ether oxygens (including phenoxy) is 1. The average Bonchev–Trinajstić information content (AvgIpc) is 2.97. The lowest BCUT2D eigenvalue weighted by molar-refractivity contribution is -0.385. The fourth-order valence-electron chi connectivity index (χ4n) is 4.30. The molecule has 0 aliphatic rings. The number of benzene rings is 3. The number of hydrogen-bond acceptors (Lipinski definition) is 7. The molecule has 0 saturated carbocycles. The molecule has 0 bridgehead atoms. The molecule has 3 rings (SSSR count). The van der Waals surface area contributed by atoms with Crippen molar-refractivity contribution in [3.63, 3.8) is 0 Å². The monoisotopic (exact) mass is 596 g/mol. The highest BCUT2D eigenvalue weighted by atomic mass is 32.2. The molecule has 1 unspecified atom stereocenters. The van der Waals surface area contributed by atoms with Gasteiger partial charge in [-0.15, -0.1) is 0 Å². The molecular weight excluding hydrogens is 560 g/mol. The molecule has 0 aliphatic heterocycles. The maximum Gasteiger partial charge on any atom is 0.273 e. The molecule has 3 aromatic carbocycles. The fraction of sp³-hybridized carbons (Fsp3) is 0.333. The summed E-state index contributed by atoms with van der Waals surface area (Å²) in [5.74, 6) is -0.527. The number of rotatable bonds is 13. The summed E-state index contributed by atoms with van der Waals surface area (Å²) in [4.78, 5) is 38.9. The van der Waals surface area contributed by atoms with Gasteiger partial charge in [-0.3, -0.25) is 24.0 Å². The van der Waals surface area contributed by atoms with E-state index in [0.717, 1.165) is 21.5 Å². The van der Waals surface area contributed by atoms with E-state index >= 15 is 0 Å². The number of nitrogens with one attached hydrogen (secondary N) is 1. The minimum Gasteiger partial charge on any atom is -0.497 e. The van der Waals surface area contributed by atoms with Crippen molar-refractivity contribution in [1.82, 2.24) is 10.2 Å². The fourth-order valence-corrected chi connectivity index (χ4v) is 5.74. The van der Waals surface area contributed by atoms with Crippen molar-refractivity contribution >= 4 is 33.2 Å². The third kappa shape index (κ3) is 7.43. The Bertz CT molecular complexity index is 1540. The first-order valence-corrected chi connectivity index (χ1v) is 14.9. The SMILES string of the molecule is CCCNC(=O)C(C)N(Cc1ccccc1C)C(=O)CN(c1ccc(OC)cc1)S(=O)(=O)c1ccc(C)c([N+](=O)[O-])c1. The van der Waals surface area contributed by atoms with Crippen LogP contribution in [0.2, 0.25) is 0 Å². The van der Waals surface area contributed by atoms with Crippen LogP contribution in [0.25, 0.3) is 0 Å². The lowest BCUT2D eigenvalue weighted by atomic mass is 10.1. The summed E-state index contributed by atoms with van der Waals surface area (Å²) in [6, 6.07) is 16.2. The zero-order valence-electron chi connectivity index (χ0n) is 24.4. The summed E-state index contributed by atoms with van der Waals surface area (Å²) in [6.07, 6.45) is 0.705. The highest BCUT2D eigenvalue weighted by Gasteiger charge is 2.33. The molecule has 224 valence electrons. The van der Waals surface area contributed by atoms with Gasteiger partial charge in [-0.25, -0.2) is 8.42 Å². The van der Waals surface area contributed by atoms with Crippen LogP contribution in [0.5, 0.6) is 5.75 Å². The minimum atomic E-state index is -4.48. The van der Waals surface area contributed by atoms with Crippen LogP contribution in [0.1, 0.15) is 37.0 Å². The Morgan fingerprint density at radius 2 is 1.69 bits per heavy atom. The lowest BCUT2D eigenvalue weighted by Gasteiger charge is -2.32. The number of nitrogens with zero attached hydrogens (tertiary/aromatic N) is 3. The summed E-state index contributed by atoms with van der Waals surface area (Å²) in [5.41, 5.74) is 1.78. The number of aryl methyl sites for hydroxylation is 2. The largest absolute Gasteiger partial charge is 0.497 e. The summed E-state index contributed by atoms with van der Waals surface area (Å²) in [7, 11) is -3.01. The van der Waals surface area contributed by atoms with E-state index in [4.69, 9.17) is 4.74 Å². The number of hydrogen-bond donors (Lipinski definition) is 1. The Balaban J connectivity index is 2.09. The van der Waals surface area contributed by atoms with E-state index < -0.39 is 33.4 Å². The van der Waals surface area contributed by atoms with Crippen LogP contribution in [0.15, 0.2) is 71.6 Å². The van der Waals surface area contributed by atoms with Crippen LogP contribution in [0.3, 0.4) is 0 Å². The smallest absolute Gasteiger partial charge is 0.273 e. The molecule has 0 fully saturated rings. The topological polar surface area (TPSA) is 139 Å². The predicted molar refractivity (Wildman–Crippen MR) is 160 cm³/mol. The van der Waals surface area contributed by atoms with E-state index in [0.29, 0.717) is 24.3 Å². The van der Waals surface area contributed by atoms with Gasteiger partial charge in [-0.05, 0) is 68.7 Å². The van der Waals surface area contributed by atoms with Crippen molar-refractivity contribution in [2.75, 3.05) is 24.5 Å². The molecule has 1 atom stereocenters. The first-order chi connectivity index (χ1) is 19.9. The van der Waals surface area contributed by atoms with Crippen LogP contribution in [-0.2, 0) is 26.2 Å². The van der Waals surface area contributed by atoms with Gasteiger partial charge in [0.05, 0.1) is 22.6 Å². The van der Waals surface area contributed by atoms with E-state index in [-0.39, 0.29) is 28.7 Å². The molecule has 12 heteroatoms. The van der Waals surface area contributed by atoms with Gasteiger partial charge in [-0.1, -0.05) is 37.3 Å². The standard InChI is InChI=1S/C30H36N4O7S/c1-6-17-31-30(36)23(4)32(19-24-10-8-7-9-21(24)2)29(35)20-33(25-12-14-26(41-5)15-13-25)42(39,40)27-16-11-22(3)28(18-27)34(37)38/h7-16,18,23H,6,17,19-20H2,1-5H3,(H,31,36). The highest BCUT2D eigenvalue weighted by Crippen LogP contribution is 2.29. The van der Waals surface area contributed by atoms with Crippen LogP contribution in [0.4, 0.5) is 11.4 Å². The number of amides is 2. The first-order valence-electron chi connectivity index (χ1n) is 13.4. The molecule has 0 spiro atoms. The maximum absolute atomic E-state index is 14.0. The zero-order chi connectivity index (χ0) is 31.0. The van der Waals surface area contributed by atoms with Crippen molar-refractivity contribution in [3.8, 4) is 5.75 Å². The summed E-state index contributed by atoms with van der Waals surface area (Å²) in [6.45, 7) is 6.73. The predicted octanol–water partition coefficient (Wildman–Crippen LogP) is 4.36. The molecule has 3 aromatic rings. The van der Waals surface area contributed by atoms with Gasteiger partial charge in [0.1, 0.15) is 18.3 Å². The number of methoxy groups -OCH3 is 1. The second-order valence-corrected chi connectivity index (χ2v) is 11.7. The number of carbonyl (C=O) groups is 2. The molecule has 42 heavy (non-hydrogen) atoms. The van der Waals surface area contributed by atoms with E-state index in [1.54, 1.807) is 19.1 Å². The molecule has 2 amide bonds. The zero-order valence-corrected chi connectivity index (χ0v) is 25.2. The minimum absolute atomic E-state index is 0.0682. The van der Waals surface area contributed by atoms with Crippen LogP contribution < -0.4 is 14.4 Å². The second kappa shape index (κ2) is 13.9. The molecule has 0 heterocycles. The Morgan fingerprint density at radius 1 is 1.02 bits per heavy atom. The molecule has 0 radical (unpaired) electrons. The Kier molecular flexibility index (Phi) is 10.6. The average molecular weight is 597 g/mol. The molecule has 11 nitrogen and oxygen atoms in total. The van der Waals surface area contributed by atoms with E-state index in [9.17, 15) is 28.1 Å². The van der Waals surface area contributed by atoms with Crippen LogP contribution >= 0.6 is 0 Å². The molecule has 0 saturated heterocycles. The van der Waals surface area contributed by atoms with Crippen LogP contribution in [-0.4, -0.2) is 56.3 Å². The summed E-state index contributed by atoms with van der Waals surface area (Å²) < 4.78 is 34.1. The van der Waals surface area contributed by atoms with Gasteiger partial charge in [0, 0.05) is 24.7 Å². The Hall–Kier alpha value is -4.45. The molecule has 0 aromatic heterocycles. The van der Waals surface area contributed by atoms with Gasteiger partial charge < -0.3 is 15.0 Å². The van der Waals surface area contributed by atoms with Gasteiger partial charge in [0.15, 0.2) is 0 Å². The number of carbonyl (C=O) groups excluding carboxylic acids is 2. The van der Waals surface area contributed by atoms with Crippen LogP contribution in [0, 0.1) is 24.0 Å². The number of anilines is 1. The van der Waals surface area contributed by atoms with Gasteiger partial charge >= 0.3 is 0 Å². The number of sulfonamides is 1. The van der Waals surface area contributed by atoms with Crippen molar-refractivity contribution < 1.29 is 27.7 Å². The third-order valence-electron chi connectivity index (χ3n) is 6.92. The summed E-state index contributed by atoms with van der Waals surface area (Å²) in [5, 5.41) is 14.4. The van der Waals surface area contributed by atoms with Crippen molar-refractivity contribution in [3.05, 3.63) is 93.5 Å². The third-order valence-corrected chi connectivity index (χ3v) is 8.69. The summed E-state index contributed by atoms with van der Waals surface area (Å²) >= 11 is 0.